The second-order valence-corrected chi connectivity index (χ2v) is 6.13. The van der Waals surface area contributed by atoms with E-state index in [1.807, 2.05) is 0 Å². The first-order valence-electron chi connectivity index (χ1n) is 2.49. The molecule has 1 aliphatic heterocycles. The van der Waals surface area contributed by atoms with Crippen molar-refractivity contribution in [1.82, 2.24) is 0 Å². The summed E-state index contributed by atoms with van der Waals surface area (Å²) in [5, 5.41) is -0.875. The number of hydrogen-bond donors (Lipinski definition) is 0. The van der Waals surface area contributed by atoms with E-state index < -0.39 is 25.0 Å². The van der Waals surface area contributed by atoms with Gasteiger partial charge in [0, 0.05) is 0 Å². The lowest BCUT2D eigenvalue weighted by Gasteiger charge is -2.10. The lowest BCUT2D eigenvalue weighted by atomic mass is 10.9. The van der Waals surface area contributed by atoms with E-state index in [9.17, 15) is 16.8 Å². The van der Waals surface area contributed by atoms with Crippen LogP contribution < -0.4 is 0 Å². The molecule has 0 radical (unpaired) electrons. The molecular formula is C3H6O5S2. The van der Waals surface area contributed by atoms with Crippen molar-refractivity contribution in [3.63, 3.8) is 0 Å². The maximum absolute atomic E-state index is 10.6. The number of sulfone groups is 1. The van der Waals surface area contributed by atoms with Crippen LogP contribution >= 0.6 is 0 Å². The van der Waals surface area contributed by atoms with Gasteiger partial charge in [-0.25, -0.2) is 8.42 Å². The highest BCUT2D eigenvalue weighted by Crippen LogP contribution is 2.07. The van der Waals surface area contributed by atoms with Gasteiger partial charge in [-0.15, -0.1) is 0 Å². The Labute approximate surface area is 59.0 Å². The summed E-state index contributed by atoms with van der Waals surface area (Å²) in [6.07, 6.45) is 0. The summed E-state index contributed by atoms with van der Waals surface area (Å²) in [5.41, 5.74) is 0. The van der Waals surface area contributed by atoms with Crippen LogP contribution in [0.25, 0.3) is 0 Å². The van der Waals surface area contributed by atoms with Crippen LogP contribution in [0.3, 0.4) is 0 Å². The molecule has 10 heavy (non-hydrogen) atoms. The second-order valence-electron chi connectivity index (χ2n) is 1.95. The van der Waals surface area contributed by atoms with Gasteiger partial charge in [0.15, 0.2) is 14.9 Å². The van der Waals surface area contributed by atoms with Crippen molar-refractivity contribution in [3.8, 4) is 0 Å². The van der Waals surface area contributed by atoms with Gasteiger partial charge in [0.2, 0.25) is 0 Å². The molecule has 0 aromatic rings. The van der Waals surface area contributed by atoms with Gasteiger partial charge in [0.25, 0.3) is 10.1 Å². The minimum Gasteiger partial charge on any atom is -0.268 e. The van der Waals surface area contributed by atoms with Crippen LogP contribution in [0.5, 0.6) is 0 Å². The van der Waals surface area contributed by atoms with E-state index in [0.29, 0.717) is 0 Å². The number of rotatable bonds is 0. The Bertz CT molecular complexity index is 277. The molecule has 0 aromatic carbocycles. The van der Waals surface area contributed by atoms with Crippen LogP contribution in [0.2, 0.25) is 0 Å². The zero-order valence-electron chi connectivity index (χ0n) is 4.98. The third-order valence-corrected chi connectivity index (χ3v) is 4.89. The minimum atomic E-state index is -3.78. The molecule has 0 N–H and O–H groups in total. The minimum absolute atomic E-state index is 0.202. The van der Waals surface area contributed by atoms with E-state index in [0.717, 1.165) is 0 Å². The number of hydrogen-bond acceptors (Lipinski definition) is 5. The van der Waals surface area contributed by atoms with Crippen LogP contribution in [-0.2, 0) is 24.1 Å². The van der Waals surface area contributed by atoms with Gasteiger partial charge in [0.05, 0.1) is 12.4 Å². The van der Waals surface area contributed by atoms with E-state index in [1.165, 1.54) is 0 Å². The summed E-state index contributed by atoms with van der Waals surface area (Å²) in [5.74, 6) is -0.202. The summed E-state index contributed by atoms with van der Waals surface area (Å²) in [7, 11) is -7.18. The maximum atomic E-state index is 10.6. The summed E-state index contributed by atoms with van der Waals surface area (Å²) < 4.78 is 46.3. The van der Waals surface area contributed by atoms with Gasteiger partial charge in [-0.1, -0.05) is 0 Å². The summed E-state index contributed by atoms with van der Waals surface area (Å²) in [6, 6.07) is 0. The maximum Gasteiger partial charge on any atom is 0.281 e. The lowest BCUT2D eigenvalue weighted by molar-refractivity contribution is 0.335. The predicted octanol–water partition coefficient (Wildman–Crippen LogP) is -1.28. The Hall–Kier alpha value is -0.140. The average Bonchev–Trinajstić information content (AvgIpc) is 1.56. The zero-order chi connectivity index (χ0) is 7.83. The van der Waals surface area contributed by atoms with E-state index in [4.69, 9.17) is 0 Å². The molecule has 0 spiro atoms. The molecule has 1 rings (SSSR count). The van der Waals surface area contributed by atoms with E-state index in [1.54, 1.807) is 0 Å². The molecule has 5 nitrogen and oxygen atoms in total. The van der Waals surface area contributed by atoms with Crippen molar-refractivity contribution in [3.05, 3.63) is 0 Å². The fourth-order valence-electron chi connectivity index (χ4n) is 0.601. The monoisotopic (exact) mass is 186 g/mol. The third kappa shape index (κ3) is 1.93. The van der Waals surface area contributed by atoms with Crippen molar-refractivity contribution in [2.24, 2.45) is 0 Å². The molecule has 7 heteroatoms. The van der Waals surface area contributed by atoms with Crippen molar-refractivity contribution in [2.75, 3.05) is 17.4 Å². The average molecular weight is 186 g/mol. The summed E-state index contributed by atoms with van der Waals surface area (Å²) >= 11 is 0. The van der Waals surface area contributed by atoms with Crippen LogP contribution in [-0.4, -0.2) is 34.3 Å². The van der Waals surface area contributed by atoms with Crippen molar-refractivity contribution in [2.45, 2.75) is 0 Å². The largest absolute Gasteiger partial charge is 0.281 e. The predicted molar refractivity (Wildman–Crippen MR) is 33.5 cm³/mol. The summed E-state index contributed by atoms with van der Waals surface area (Å²) in [4.78, 5) is 0. The third-order valence-electron chi connectivity index (χ3n) is 0.981. The molecular weight excluding hydrogens is 180 g/mol. The van der Waals surface area contributed by atoms with E-state index in [2.05, 4.69) is 4.18 Å². The van der Waals surface area contributed by atoms with Crippen LogP contribution in [0, 0.1) is 0 Å². The zero-order valence-corrected chi connectivity index (χ0v) is 6.61. The molecule has 1 aliphatic rings. The second kappa shape index (κ2) is 2.18. The smallest absolute Gasteiger partial charge is 0.268 e. The molecule has 0 saturated carbocycles. The fraction of sp³-hybridized carbons (Fsp3) is 1.00. The topological polar surface area (TPSA) is 77.5 Å². The SMILES string of the molecule is O=S1(=O)CCOS(=O)(=O)C1. The van der Waals surface area contributed by atoms with Crippen LogP contribution in [0.15, 0.2) is 0 Å². The Morgan fingerprint density at radius 3 is 2.00 bits per heavy atom. The standard InChI is InChI=1S/C3H6O5S2/c4-9(5)2-1-8-10(6,7)3-9/h1-3H2. The molecule has 1 fully saturated rings. The van der Waals surface area contributed by atoms with Crippen molar-refractivity contribution >= 4 is 20.0 Å². The van der Waals surface area contributed by atoms with Gasteiger partial charge in [-0.2, -0.15) is 8.42 Å². The lowest BCUT2D eigenvalue weighted by Crippen LogP contribution is -2.30. The highest BCUT2D eigenvalue weighted by molar-refractivity contribution is 8.06. The molecule has 0 aromatic heterocycles. The Kier molecular flexibility index (Phi) is 1.73. The highest BCUT2D eigenvalue weighted by Gasteiger charge is 2.28. The van der Waals surface area contributed by atoms with E-state index in [-0.39, 0.29) is 12.4 Å². The molecule has 1 heterocycles. The van der Waals surface area contributed by atoms with Gasteiger partial charge < -0.3 is 0 Å². The van der Waals surface area contributed by atoms with Crippen LogP contribution in [0.4, 0.5) is 0 Å². The Morgan fingerprint density at radius 1 is 1.10 bits per heavy atom. The molecule has 0 bridgehead atoms. The Morgan fingerprint density at radius 2 is 1.70 bits per heavy atom. The van der Waals surface area contributed by atoms with Crippen molar-refractivity contribution in [1.29, 1.82) is 0 Å². The first kappa shape index (κ1) is 7.96. The van der Waals surface area contributed by atoms with E-state index >= 15 is 0 Å². The fourth-order valence-corrected chi connectivity index (χ4v) is 3.88. The van der Waals surface area contributed by atoms with Gasteiger partial charge in [0.1, 0.15) is 0 Å². The highest BCUT2D eigenvalue weighted by atomic mass is 32.3. The molecule has 0 unspecified atom stereocenters. The van der Waals surface area contributed by atoms with Gasteiger partial charge in [-0.05, 0) is 0 Å². The summed E-state index contributed by atoms with van der Waals surface area (Å²) in [6.45, 7) is -0.245. The van der Waals surface area contributed by atoms with Crippen molar-refractivity contribution < 1.29 is 21.0 Å². The normalized spacial score (nSPS) is 29.6. The first-order chi connectivity index (χ1) is 4.41. The quantitative estimate of drug-likeness (QED) is 0.440. The van der Waals surface area contributed by atoms with Gasteiger partial charge >= 0.3 is 0 Å². The molecule has 60 valence electrons. The molecule has 0 aliphatic carbocycles. The van der Waals surface area contributed by atoms with Crippen LogP contribution in [0.1, 0.15) is 0 Å². The molecule has 0 atom stereocenters. The Balaban J connectivity index is 2.97. The first-order valence-corrected chi connectivity index (χ1v) is 5.89. The molecule has 0 amide bonds. The van der Waals surface area contributed by atoms with Gasteiger partial charge in [-0.3, -0.25) is 4.18 Å². The molecule has 1 saturated heterocycles.